The number of carbonyl (C=O) groups excluding carboxylic acids is 1. The van der Waals surface area contributed by atoms with Crippen molar-refractivity contribution in [2.24, 2.45) is 0 Å². The van der Waals surface area contributed by atoms with Gasteiger partial charge in [0.05, 0.1) is 12.1 Å². The van der Waals surface area contributed by atoms with E-state index in [-0.39, 0.29) is 12.0 Å². The van der Waals surface area contributed by atoms with Crippen LogP contribution in [0.25, 0.3) is 0 Å². The molecule has 1 aliphatic rings. The van der Waals surface area contributed by atoms with Crippen LogP contribution in [0.4, 0.5) is 0 Å². The van der Waals surface area contributed by atoms with Gasteiger partial charge in [0.1, 0.15) is 6.10 Å². The summed E-state index contributed by atoms with van der Waals surface area (Å²) >= 11 is 1.53. The Bertz CT molecular complexity index is 544. The number of aromatic nitrogens is 2. The van der Waals surface area contributed by atoms with Crippen LogP contribution in [0.2, 0.25) is 0 Å². The third kappa shape index (κ3) is 2.73. The molecule has 1 amide bonds. The number of hydrogen-bond acceptors (Lipinski definition) is 5. The van der Waals surface area contributed by atoms with E-state index in [0.717, 1.165) is 18.5 Å². The van der Waals surface area contributed by atoms with Crippen LogP contribution >= 0.6 is 11.3 Å². The average molecular weight is 275 g/mol. The van der Waals surface area contributed by atoms with Crippen LogP contribution in [0.1, 0.15) is 16.8 Å². The molecular weight excluding hydrogens is 262 g/mol. The molecule has 1 atom stereocenters. The van der Waals surface area contributed by atoms with Crippen molar-refractivity contribution in [2.45, 2.75) is 12.5 Å². The van der Waals surface area contributed by atoms with Gasteiger partial charge in [-0.2, -0.15) is 16.4 Å². The van der Waals surface area contributed by atoms with Gasteiger partial charge >= 0.3 is 0 Å². The zero-order valence-corrected chi connectivity index (χ0v) is 11.0. The van der Waals surface area contributed by atoms with E-state index in [9.17, 15) is 4.79 Å². The van der Waals surface area contributed by atoms with E-state index < -0.39 is 0 Å². The van der Waals surface area contributed by atoms with Gasteiger partial charge in [-0.3, -0.25) is 4.79 Å². The van der Waals surface area contributed by atoms with Crippen molar-refractivity contribution in [1.29, 1.82) is 0 Å². The number of hydrogen-bond donors (Lipinski definition) is 0. The van der Waals surface area contributed by atoms with Crippen LogP contribution in [0, 0.1) is 0 Å². The molecule has 0 spiro atoms. The summed E-state index contributed by atoms with van der Waals surface area (Å²) in [7, 11) is 0. The fourth-order valence-electron chi connectivity index (χ4n) is 2.10. The minimum Gasteiger partial charge on any atom is -0.471 e. The van der Waals surface area contributed by atoms with Gasteiger partial charge in [0, 0.05) is 30.6 Å². The summed E-state index contributed by atoms with van der Waals surface area (Å²) in [4.78, 5) is 14.0. The standard InChI is InChI=1S/C13H13N3O2S/c17-13(10-4-7-19-9-10)16-6-3-11(8-16)18-12-2-1-5-14-15-12/h1-2,4-5,7,9,11H,3,6,8H2/t11-/m1/s1. The first kappa shape index (κ1) is 12.1. The third-order valence-electron chi connectivity index (χ3n) is 3.04. The first-order valence-electron chi connectivity index (χ1n) is 6.09. The Hall–Kier alpha value is -1.95. The number of ether oxygens (including phenoxy) is 1. The van der Waals surface area contributed by atoms with Gasteiger partial charge in [0.25, 0.3) is 5.91 Å². The Balaban J connectivity index is 1.60. The molecule has 0 aliphatic carbocycles. The minimum absolute atomic E-state index is 0.000661. The SMILES string of the molecule is O=C(c1ccsc1)N1CC[C@@H](Oc2cccnn2)C1. The van der Waals surface area contributed by atoms with Crippen LogP contribution in [0.5, 0.6) is 5.88 Å². The molecule has 1 fully saturated rings. The fraction of sp³-hybridized carbons (Fsp3) is 0.308. The summed E-state index contributed by atoms with van der Waals surface area (Å²) in [5.41, 5.74) is 0.755. The number of likely N-dealkylation sites (tertiary alicyclic amines) is 1. The molecular formula is C13H13N3O2S. The van der Waals surface area contributed by atoms with E-state index in [1.807, 2.05) is 21.7 Å². The zero-order valence-electron chi connectivity index (χ0n) is 10.2. The predicted octanol–water partition coefficient (Wildman–Crippen LogP) is 1.83. The largest absolute Gasteiger partial charge is 0.471 e. The van der Waals surface area contributed by atoms with Crippen molar-refractivity contribution in [3.05, 3.63) is 40.7 Å². The predicted molar refractivity (Wildman–Crippen MR) is 71.3 cm³/mol. The van der Waals surface area contributed by atoms with Gasteiger partial charge in [0.2, 0.25) is 5.88 Å². The highest BCUT2D eigenvalue weighted by molar-refractivity contribution is 7.08. The number of thiophene rings is 1. The number of amides is 1. The maximum atomic E-state index is 12.2. The Morgan fingerprint density at radius 3 is 3.16 bits per heavy atom. The van der Waals surface area contributed by atoms with Gasteiger partial charge in [-0.1, -0.05) is 0 Å². The molecule has 5 nitrogen and oxygen atoms in total. The van der Waals surface area contributed by atoms with Gasteiger partial charge in [0.15, 0.2) is 0 Å². The first-order valence-corrected chi connectivity index (χ1v) is 7.03. The van der Waals surface area contributed by atoms with Crippen LogP contribution in [0.15, 0.2) is 35.2 Å². The summed E-state index contributed by atoms with van der Waals surface area (Å²) < 4.78 is 5.71. The van der Waals surface area contributed by atoms with Gasteiger partial charge in [-0.05, 0) is 17.5 Å². The van der Waals surface area contributed by atoms with Crippen molar-refractivity contribution in [2.75, 3.05) is 13.1 Å². The summed E-state index contributed by atoms with van der Waals surface area (Å²) in [6.45, 7) is 1.32. The molecule has 0 bridgehead atoms. The minimum atomic E-state index is -0.000661. The Morgan fingerprint density at radius 2 is 2.42 bits per heavy atom. The summed E-state index contributed by atoms with van der Waals surface area (Å²) in [5.74, 6) is 0.587. The van der Waals surface area contributed by atoms with E-state index in [2.05, 4.69) is 10.2 Å². The second kappa shape index (κ2) is 5.36. The van der Waals surface area contributed by atoms with Crippen molar-refractivity contribution in [1.82, 2.24) is 15.1 Å². The van der Waals surface area contributed by atoms with E-state index in [0.29, 0.717) is 12.4 Å². The normalized spacial score (nSPS) is 18.5. The molecule has 0 radical (unpaired) electrons. The highest BCUT2D eigenvalue weighted by atomic mass is 32.1. The Morgan fingerprint density at radius 1 is 1.47 bits per heavy atom. The van der Waals surface area contributed by atoms with Crippen LogP contribution in [-0.4, -0.2) is 40.2 Å². The lowest BCUT2D eigenvalue weighted by Gasteiger charge is -2.16. The van der Waals surface area contributed by atoms with Gasteiger partial charge in [-0.25, -0.2) is 0 Å². The Kier molecular flexibility index (Phi) is 3.41. The maximum absolute atomic E-state index is 12.2. The molecule has 98 valence electrons. The molecule has 3 rings (SSSR count). The Labute approximate surface area is 114 Å². The highest BCUT2D eigenvalue weighted by Crippen LogP contribution is 2.18. The van der Waals surface area contributed by atoms with Crippen molar-refractivity contribution in [3.63, 3.8) is 0 Å². The molecule has 0 saturated carbocycles. The van der Waals surface area contributed by atoms with Crippen molar-refractivity contribution >= 4 is 17.2 Å². The van der Waals surface area contributed by atoms with Crippen molar-refractivity contribution in [3.8, 4) is 5.88 Å². The van der Waals surface area contributed by atoms with E-state index >= 15 is 0 Å². The summed E-state index contributed by atoms with van der Waals surface area (Å²) in [5, 5.41) is 11.4. The maximum Gasteiger partial charge on any atom is 0.254 e. The third-order valence-corrected chi connectivity index (χ3v) is 3.72. The van der Waals surface area contributed by atoms with Crippen LogP contribution < -0.4 is 4.74 Å². The van der Waals surface area contributed by atoms with Crippen molar-refractivity contribution < 1.29 is 9.53 Å². The quantitative estimate of drug-likeness (QED) is 0.857. The number of nitrogens with zero attached hydrogens (tertiary/aromatic N) is 3. The molecule has 0 N–H and O–H groups in total. The van der Waals surface area contributed by atoms with Crippen LogP contribution in [-0.2, 0) is 0 Å². The zero-order chi connectivity index (χ0) is 13.1. The smallest absolute Gasteiger partial charge is 0.254 e. The molecule has 3 heterocycles. The second-order valence-corrected chi connectivity index (χ2v) is 5.13. The second-order valence-electron chi connectivity index (χ2n) is 4.35. The first-order chi connectivity index (χ1) is 9.33. The van der Waals surface area contributed by atoms with E-state index in [1.165, 1.54) is 11.3 Å². The van der Waals surface area contributed by atoms with Crippen LogP contribution in [0.3, 0.4) is 0 Å². The molecule has 1 aliphatic heterocycles. The molecule has 2 aromatic heterocycles. The van der Waals surface area contributed by atoms with E-state index in [4.69, 9.17) is 4.74 Å². The van der Waals surface area contributed by atoms with Gasteiger partial charge < -0.3 is 9.64 Å². The summed E-state index contributed by atoms with van der Waals surface area (Å²) in [6.07, 6.45) is 2.43. The molecule has 6 heteroatoms. The molecule has 19 heavy (non-hydrogen) atoms. The van der Waals surface area contributed by atoms with E-state index in [1.54, 1.807) is 18.3 Å². The lowest BCUT2D eigenvalue weighted by atomic mass is 10.3. The number of rotatable bonds is 3. The molecule has 1 saturated heterocycles. The average Bonchev–Trinajstić information content (AvgIpc) is 3.10. The van der Waals surface area contributed by atoms with Gasteiger partial charge in [-0.15, -0.1) is 5.10 Å². The fourth-order valence-corrected chi connectivity index (χ4v) is 2.73. The molecule has 0 aromatic carbocycles. The highest BCUT2D eigenvalue weighted by Gasteiger charge is 2.28. The number of carbonyl (C=O) groups is 1. The topological polar surface area (TPSA) is 55.3 Å². The monoisotopic (exact) mass is 275 g/mol. The lowest BCUT2D eigenvalue weighted by Crippen LogP contribution is -2.30. The molecule has 0 unspecified atom stereocenters. The summed E-state index contributed by atoms with van der Waals surface area (Å²) in [6, 6.07) is 5.41. The lowest BCUT2D eigenvalue weighted by molar-refractivity contribution is 0.0771. The molecule has 2 aromatic rings.